The van der Waals surface area contributed by atoms with Crippen LogP contribution in [0.4, 0.5) is 0 Å². The molecule has 6 atom stereocenters. The van der Waals surface area contributed by atoms with Crippen molar-refractivity contribution in [1.29, 1.82) is 0 Å². The van der Waals surface area contributed by atoms with Crippen LogP contribution in [0.5, 0.6) is 0 Å². The molecule has 0 heterocycles. The normalized spacial score (nSPS) is 45.6. The minimum atomic E-state index is -0.125. The van der Waals surface area contributed by atoms with Gasteiger partial charge in [-0.3, -0.25) is 4.79 Å². The summed E-state index contributed by atoms with van der Waals surface area (Å²) in [5, 5.41) is 0. The second-order valence-corrected chi connectivity index (χ2v) is 9.51. The maximum Gasteiger partial charge on any atom is 0.302 e. The van der Waals surface area contributed by atoms with Crippen molar-refractivity contribution in [1.82, 2.24) is 0 Å². The molecule has 0 aromatic carbocycles. The Labute approximate surface area is 153 Å². The van der Waals surface area contributed by atoms with Gasteiger partial charge in [-0.05, 0) is 73.5 Å². The molecule has 2 nitrogen and oxygen atoms in total. The Bertz CT molecular complexity index is 630. The van der Waals surface area contributed by atoms with Crippen LogP contribution in [-0.2, 0) is 9.53 Å². The lowest BCUT2D eigenvalue weighted by Gasteiger charge is -2.57. The lowest BCUT2D eigenvalue weighted by Crippen LogP contribution is -2.50. The summed E-state index contributed by atoms with van der Waals surface area (Å²) in [6.45, 7) is 8.95. The molecule has 0 aromatic rings. The van der Waals surface area contributed by atoms with E-state index < -0.39 is 0 Å². The van der Waals surface area contributed by atoms with E-state index in [1.54, 1.807) is 18.1 Å². The van der Waals surface area contributed by atoms with Crippen molar-refractivity contribution in [2.45, 2.75) is 85.2 Å². The van der Waals surface area contributed by atoms with Crippen LogP contribution in [0.3, 0.4) is 0 Å². The maximum atomic E-state index is 11.4. The molecular weight excluding hydrogens is 308 g/mol. The van der Waals surface area contributed by atoms with Gasteiger partial charge in [0.05, 0.1) is 0 Å². The first kappa shape index (κ1) is 17.4. The first-order valence-electron chi connectivity index (χ1n) is 10.4. The molecule has 0 spiro atoms. The minimum Gasteiger partial charge on any atom is -0.462 e. The quantitative estimate of drug-likeness (QED) is 0.466. The van der Waals surface area contributed by atoms with Gasteiger partial charge < -0.3 is 4.74 Å². The number of ether oxygens (including phenoxy) is 1. The van der Waals surface area contributed by atoms with E-state index >= 15 is 0 Å². The summed E-state index contributed by atoms with van der Waals surface area (Å²) >= 11 is 0. The van der Waals surface area contributed by atoms with Gasteiger partial charge in [0.15, 0.2) is 0 Å². The molecule has 4 rings (SSSR count). The van der Waals surface area contributed by atoms with Crippen LogP contribution in [0.25, 0.3) is 0 Å². The van der Waals surface area contributed by atoms with E-state index in [9.17, 15) is 4.79 Å². The molecule has 2 fully saturated rings. The predicted octanol–water partition coefficient (Wildman–Crippen LogP) is 5.83. The molecule has 2 saturated carbocycles. The third kappa shape index (κ3) is 2.54. The largest absolute Gasteiger partial charge is 0.462 e. The molecule has 4 aliphatic carbocycles. The molecule has 0 aromatic heterocycles. The van der Waals surface area contributed by atoms with Crippen molar-refractivity contribution >= 4 is 5.97 Å². The first-order valence-corrected chi connectivity index (χ1v) is 10.4. The zero-order valence-electron chi connectivity index (χ0n) is 16.4. The van der Waals surface area contributed by atoms with Gasteiger partial charge in [0.1, 0.15) is 6.10 Å². The van der Waals surface area contributed by atoms with Crippen molar-refractivity contribution < 1.29 is 9.53 Å². The number of rotatable bonds is 2. The lowest BCUT2D eigenvalue weighted by molar-refractivity contribution is -0.148. The Kier molecular flexibility index (Phi) is 4.16. The van der Waals surface area contributed by atoms with Crippen molar-refractivity contribution in [3.63, 3.8) is 0 Å². The topological polar surface area (TPSA) is 26.3 Å². The molecule has 4 aliphatic rings. The number of carbonyl (C=O) groups is 1. The molecule has 138 valence electrons. The van der Waals surface area contributed by atoms with Crippen molar-refractivity contribution in [2.75, 3.05) is 0 Å². The van der Waals surface area contributed by atoms with Gasteiger partial charge in [-0.2, -0.15) is 0 Å². The SMILES string of the molecule is CCC1=CC[C@H]2[C@@H]3CC=C4CC(OC(C)=O)CC[C@]4(C)[C@H]3CC[C@]12C. The highest BCUT2D eigenvalue weighted by molar-refractivity contribution is 5.66. The maximum absolute atomic E-state index is 11.4. The third-order valence-corrected chi connectivity index (χ3v) is 8.51. The zero-order chi connectivity index (χ0) is 17.8. The monoisotopic (exact) mass is 342 g/mol. The highest BCUT2D eigenvalue weighted by Gasteiger charge is 2.56. The van der Waals surface area contributed by atoms with E-state index in [4.69, 9.17) is 4.74 Å². The molecular formula is C23H34O2. The van der Waals surface area contributed by atoms with E-state index in [0.29, 0.717) is 10.8 Å². The Morgan fingerprint density at radius 2 is 1.88 bits per heavy atom. The second-order valence-electron chi connectivity index (χ2n) is 9.51. The third-order valence-electron chi connectivity index (χ3n) is 8.51. The van der Waals surface area contributed by atoms with Crippen LogP contribution in [0.15, 0.2) is 23.3 Å². The average molecular weight is 343 g/mol. The van der Waals surface area contributed by atoms with Gasteiger partial charge in [0, 0.05) is 13.3 Å². The molecule has 1 unspecified atom stereocenters. The van der Waals surface area contributed by atoms with Crippen LogP contribution in [0.2, 0.25) is 0 Å². The summed E-state index contributed by atoms with van der Waals surface area (Å²) in [5.74, 6) is 2.40. The molecule has 0 saturated heterocycles. The molecule has 0 N–H and O–H groups in total. The molecule has 25 heavy (non-hydrogen) atoms. The van der Waals surface area contributed by atoms with Crippen molar-refractivity contribution in [2.24, 2.45) is 28.6 Å². The Balaban J connectivity index is 1.58. The molecule has 2 heteroatoms. The van der Waals surface area contributed by atoms with Crippen LogP contribution in [0.1, 0.15) is 79.1 Å². The number of allylic oxidation sites excluding steroid dienone is 3. The summed E-state index contributed by atoms with van der Waals surface area (Å²) in [6, 6.07) is 0. The van der Waals surface area contributed by atoms with E-state index in [1.807, 2.05) is 0 Å². The summed E-state index contributed by atoms with van der Waals surface area (Å²) in [5.41, 5.74) is 4.13. The van der Waals surface area contributed by atoms with Gasteiger partial charge in [0.25, 0.3) is 0 Å². The highest BCUT2D eigenvalue weighted by atomic mass is 16.5. The summed E-state index contributed by atoms with van der Waals surface area (Å²) in [4.78, 5) is 11.4. The highest BCUT2D eigenvalue weighted by Crippen LogP contribution is 2.65. The first-order chi connectivity index (χ1) is 11.9. The van der Waals surface area contributed by atoms with Crippen molar-refractivity contribution in [3.8, 4) is 0 Å². The second kappa shape index (κ2) is 5.99. The molecule has 0 bridgehead atoms. The van der Waals surface area contributed by atoms with Gasteiger partial charge in [-0.25, -0.2) is 0 Å². The number of carbonyl (C=O) groups excluding carboxylic acids is 1. The molecule has 0 radical (unpaired) electrons. The molecule has 0 aliphatic heterocycles. The van der Waals surface area contributed by atoms with E-state index in [1.165, 1.54) is 38.5 Å². The Morgan fingerprint density at radius 3 is 2.60 bits per heavy atom. The van der Waals surface area contributed by atoms with Crippen LogP contribution >= 0.6 is 0 Å². The number of esters is 1. The van der Waals surface area contributed by atoms with E-state index in [2.05, 4.69) is 32.9 Å². The van der Waals surface area contributed by atoms with Crippen LogP contribution in [0, 0.1) is 28.6 Å². The lowest BCUT2D eigenvalue weighted by atomic mass is 9.47. The number of hydrogen-bond acceptors (Lipinski definition) is 2. The summed E-state index contributed by atoms with van der Waals surface area (Å²) < 4.78 is 5.55. The number of fused-ring (bicyclic) bond motifs is 5. The van der Waals surface area contributed by atoms with Crippen LogP contribution in [-0.4, -0.2) is 12.1 Å². The molecule has 0 amide bonds. The van der Waals surface area contributed by atoms with Gasteiger partial charge >= 0.3 is 5.97 Å². The van der Waals surface area contributed by atoms with Crippen LogP contribution < -0.4 is 0 Å². The summed E-state index contributed by atoms with van der Waals surface area (Å²) in [6.07, 6.45) is 15.0. The Morgan fingerprint density at radius 1 is 1.12 bits per heavy atom. The zero-order valence-corrected chi connectivity index (χ0v) is 16.4. The Hall–Kier alpha value is -1.05. The van der Waals surface area contributed by atoms with E-state index in [-0.39, 0.29) is 12.1 Å². The summed E-state index contributed by atoms with van der Waals surface area (Å²) in [7, 11) is 0. The predicted molar refractivity (Wildman–Crippen MR) is 101 cm³/mol. The van der Waals surface area contributed by atoms with E-state index in [0.717, 1.165) is 30.6 Å². The smallest absolute Gasteiger partial charge is 0.302 e. The fourth-order valence-corrected chi connectivity index (χ4v) is 7.17. The average Bonchev–Trinajstić information content (AvgIpc) is 2.91. The van der Waals surface area contributed by atoms with Crippen molar-refractivity contribution in [3.05, 3.63) is 23.3 Å². The van der Waals surface area contributed by atoms with Gasteiger partial charge in [-0.1, -0.05) is 44.1 Å². The fourth-order valence-electron chi connectivity index (χ4n) is 7.17. The fraction of sp³-hybridized carbons (Fsp3) is 0.783. The minimum absolute atomic E-state index is 0.113. The van der Waals surface area contributed by atoms with Gasteiger partial charge in [0.2, 0.25) is 0 Å². The number of hydrogen-bond donors (Lipinski definition) is 0. The van der Waals surface area contributed by atoms with Gasteiger partial charge in [-0.15, -0.1) is 0 Å². The standard InChI is InChI=1S/C23H34O2/c1-5-16-7-9-20-19-8-6-17-14-18(25-15(2)24)10-12-23(17,4)21(19)11-13-22(16,20)3/h6-7,18-21H,5,8-14H2,1-4H3/t18?,19-,20-,21-,22+,23-/m0/s1.